The van der Waals surface area contributed by atoms with Gasteiger partial charge in [0.2, 0.25) is 0 Å². The summed E-state index contributed by atoms with van der Waals surface area (Å²) < 4.78 is 0. The zero-order chi connectivity index (χ0) is 26.4. The van der Waals surface area contributed by atoms with Crippen LogP contribution in [0.4, 0.5) is 5.69 Å². The van der Waals surface area contributed by atoms with Gasteiger partial charge in [-0.25, -0.2) is 0 Å². The van der Waals surface area contributed by atoms with Crippen molar-refractivity contribution in [1.82, 2.24) is 0 Å². The number of benzene rings is 6. The summed E-state index contributed by atoms with van der Waals surface area (Å²) in [6.45, 7) is 4.07. The highest BCUT2D eigenvalue weighted by molar-refractivity contribution is 6.08. The molecule has 6 aromatic rings. The monoisotopic (exact) mass is 501 g/mol. The van der Waals surface area contributed by atoms with Crippen LogP contribution in [0.1, 0.15) is 17.9 Å². The fourth-order valence-corrected chi connectivity index (χ4v) is 5.23. The molecule has 188 valence electrons. The molecule has 0 saturated carbocycles. The summed E-state index contributed by atoms with van der Waals surface area (Å²) in [5.41, 5.74) is 7.27. The highest BCUT2D eigenvalue weighted by Crippen LogP contribution is 2.31. The molecule has 6 aromatic carbocycles. The fraction of sp³-hybridized carbons (Fsp3) is 0.0526. The minimum absolute atomic E-state index is 0.277. The van der Waals surface area contributed by atoms with Gasteiger partial charge in [-0.2, -0.15) is 0 Å². The van der Waals surface area contributed by atoms with Crippen LogP contribution in [0.3, 0.4) is 0 Å². The predicted molar refractivity (Wildman–Crippen MR) is 169 cm³/mol. The highest BCUT2D eigenvalue weighted by atomic mass is 14.8. The number of hydrogen-bond acceptors (Lipinski definition) is 1. The van der Waals surface area contributed by atoms with Crippen molar-refractivity contribution < 1.29 is 0 Å². The maximum atomic E-state index is 4.07. The molecule has 0 aromatic heterocycles. The Morgan fingerprint density at radius 1 is 0.564 bits per heavy atom. The maximum Gasteiger partial charge on any atom is 0.0380 e. The quantitative estimate of drug-likeness (QED) is 0.161. The molecule has 1 unspecified atom stereocenters. The lowest BCUT2D eigenvalue weighted by Crippen LogP contribution is -1.94. The van der Waals surface area contributed by atoms with Gasteiger partial charge >= 0.3 is 0 Å². The van der Waals surface area contributed by atoms with Gasteiger partial charge in [0.1, 0.15) is 0 Å². The first kappa shape index (κ1) is 24.5. The molecule has 0 aliphatic rings. The minimum Gasteiger partial charge on any atom is -0.362 e. The molecule has 0 fully saturated rings. The normalized spacial score (nSPS) is 12.1. The first-order chi connectivity index (χ1) is 19.3. The molecule has 1 N–H and O–H groups in total. The van der Waals surface area contributed by atoms with Crippen molar-refractivity contribution in [1.29, 1.82) is 0 Å². The number of hydrogen-bond donors (Lipinski definition) is 1. The first-order valence-corrected chi connectivity index (χ1v) is 13.5. The van der Waals surface area contributed by atoms with Crippen LogP contribution in [-0.2, 0) is 0 Å². The van der Waals surface area contributed by atoms with Crippen molar-refractivity contribution in [2.24, 2.45) is 0 Å². The number of rotatable bonds is 8. The third kappa shape index (κ3) is 5.39. The number of anilines is 1. The number of fused-ring (bicyclic) bond motifs is 3. The van der Waals surface area contributed by atoms with Crippen LogP contribution in [0.5, 0.6) is 0 Å². The summed E-state index contributed by atoms with van der Waals surface area (Å²) in [4.78, 5) is 0. The number of allylic oxidation sites excluding steroid dienone is 2. The third-order valence-corrected chi connectivity index (χ3v) is 7.45. The van der Waals surface area contributed by atoms with Crippen molar-refractivity contribution in [3.8, 4) is 22.3 Å². The number of nitrogens with one attached hydrogen (secondary N) is 1. The molecular formula is C38H31N. The van der Waals surface area contributed by atoms with E-state index in [1.54, 1.807) is 0 Å². The summed E-state index contributed by atoms with van der Waals surface area (Å²) >= 11 is 0. The second kappa shape index (κ2) is 11.2. The van der Waals surface area contributed by atoms with Crippen molar-refractivity contribution in [2.75, 3.05) is 5.32 Å². The van der Waals surface area contributed by atoms with Crippen LogP contribution in [0, 0.1) is 0 Å². The molecule has 0 spiro atoms. The van der Waals surface area contributed by atoms with Crippen LogP contribution in [0.15, 0.2) is 158 Å². The van der Waals surface area contributed by atoms with Crippen molar-refractivity contribution >= 4 is 27.2 Å². The lowest BCUT2D eigenvalue weighted by atomic mass is 9.94. The molecular weight excluding hydrogens is 470 g/mol. The van der Waals surface area contributed by atoms with E-state index in [0.717, 1.165) is 12.1 Å². The lowest BCUT2D eigenvalue weighted by molar-refractivity contribution is 0.865. The summed E-state index contributed by atoms with van der Waals surface area (Å²) in [5.74, 6) is 0.277. The second-order valence-electron chi connectivity index (χ2n) is 9.91. The van der Waals surface area contributed by atoms with E-state index in [0.29, 0.717) is 0 Å². The zero-order valence-corrected chi connectivity index (χ0v) is 21.9. The Morgan fingerprint density at radius 3 is 1.92 bits per heavy atom. The van der Waals surface area contributed by atoms with Crippen LogP contribution in [-0.4, -0.2) is 0 Å². The molecule has 1 nitrogen and oxygen atoms in total. The standard InChI is InChI=1S/C38H31N/c1-2-28(30-14-16-31(17-15-30)29-9-4-3-5-10-29)12-8-26-39-36-24-22-32(23-25-36)35-21-20-34-19-18-33-11-6-7-13-37(33)38(34)27-35/h2-11,13-28,39H,1,12H2/b26-8+. The molecule has 0 bridgehead atoms. The van der Waals surface area contributed by atoms with E-state index in [9.17, 15) is 0 Å². The molecule has 0 amide bonds. The summed E-state index contributed by atoms with van der Waals surface area (Å²) in [7, 11) is 0. The van der Waals surface area contributed by atoms with E-state index in [4.69, 9.17) is 0 Å². The van der Waals surface area contributed by atoms with Gasteiger partial charge in [0.25, 0.3) is 0 Å². The van der Waals surface area contributed by atoms with Gasteiger partial charge in [-0.15, -0.1) is 6.58 Å². The van der Waals surface area contributed by atoms with Crippen LogP contribution in [0.2, 0.25) is 0 Å². The first-order valence-electron chi connectivity index (χ1n) is 13.5. The minimum atomic E-state index is 0.277. The van der Waals surface area contributed by atoms with Gasteiger partial charge < -0.3 is 5.32 Å². The van der Waals surface area contributed by atoms with Crippen molar-refractivity contribution in [3.63, 3.8) is 0 Å². The summed E-state index contributed by atoms with van der Waals surface area (Å²) in [5, 5.41) is 8.56. The lowest BCUT2D eigenvalue weighted by Gasteiger charge is -2.12. The van der Waals surface area contributed by atoms with Gasteiger partial charge in [0.15, 0.2) is 0 Å². The molecule has 0 aliphatic heterocycles. The van der Waals surface area contributed by atoms with E-state index in [1.807, 2.05) is 18.3 Å². The maximum absolute atomic E-state index is 4.07. The van der Waals surface area contributed by atoms with Gasteiger partial charge in [-0.3, -0.25) is 0 Å². The molecule has 39 heavy (non-hydrogen) atoms. The van der Waals surface area contributed by atoms with Crippen molar-refractivity contribution in [2.45, 2.75) is 12.3 Å². The molecule has 0 heterocycles. The third-order valence-electron chi connectivity index (χ3n) is 7.45. The molecule has 1 heteroatoms. The van der Waals surface area contributed by atoms with E-state index in [2.05, 4.69) is 145 Å². The Labute approximate surface area is 230 Å². The molecule has 0 radical (unpaired) electrons. The Hall–Kier alpha value is -4.88. The SMILES string of the molecule is C=CC(C/C=C/Nc1ccc(-c2ccc3ccc4ccccc4c3c2)cc1)c1ccc(-c2ccccc2)cc1. The Morgan fingerprint density at radius 2 is 1.15 bits per heavy atom. The van der Waals surface area contributed by atoms with E-state index in [-0.39, 0.29) is 5.92 Å². The average Bonchev–Trinajstić information content (AvgIpc) is 3.02. The van der Waals surface area contributed by atoms with Gasteiger partial charge in [0, 0.05) is 11.6 Å². The second-order valence-corrected chi connectivity index (χ2v) is 9.91. The van der Waals surface area contributed by atoms with E-state index < -0.39 is 0 Å². The zero-order valence-electron chi connectivity index (χ0n) is 21.9. The topological polar surface area (TPSA) is 12.0 Å². The van der Waals surface area contributed by atoms with Gasteiger partial charge in [-0.05, 0) is 80.2 Å². The molecule has 1 atom stereocenters. The smallest absolute Gasteiger partial charge is 0.0380 e. The Bertz CT molecular complexity index is 1740. The fourth-order valence-electron chi connectivity index (χ4n) is 5.23. The summed E-state index contributed by atoms with van der Waals surface area (Å²) in [6.07, 6.45) is 7.14. The molecule has 0 aliphatic carbocycles. The molecule has 0 saturated heterocycles. The summed E-state index contributed by atoms with van der Waals surface area (Å²) in [6, 6.07) is 47.7. The average molecular weight is 502 g/mol. The van der Waals surface area contributed by atoms with Crippen LogP contribution in [0.25, 0.3) is 43.8 Å². The van der Waals surface area contributed by atoms with E-state index >= 15 is 0 Å². The van der Waals surface area contributed by atoms with Crippen molar-refractivity contribution in [3.05, 3.63) is 164 Å². The van der Waals surface area contributed by atoms with Gasteiger partial charge in [-0.1, -0.05) is 127 Å². The largest absolute Gasteiger partial charge is 0.362 e. The molecule has 6 rings (SSSR count). The highest BCUT2D eigenvalue weighted by Gasteiger charge is 2.07. The Kier molecular flexibility index (Phi) is 7.05. The van der Waals surface area contributed by atoms with Gasteiger partial charge in [0.05, 0.1) is 0 Å². The van der Waals surface area contributed by atoms with E-state index in [1.165, 1.54) is 49.4 Å². The predicted octanol–water partition coefficient (Wildman–Crippen LogP) is 10.6. The van der Waals surface area contributed by atoms with Crippen LogP contribution >= 0.6 is 0 Å². The van der Waals surface area contributed by atoms with Crippen LogP contribution < -0.4 is 5.32 Å². The Balaban J connectivity index is 1.10.